The molecule has 15 heavy (non-hydrogen) atoms. The summed E-state index contributed by atoms with van der Waals surface area (Å²) in [5.74, 6) is 0.727. The van der Waals surface area contributed by atoms with E-state index < -0.39 is 0 Å². The number of hydrogen-bond acceptors (Lipinski definition) is 3. The summed E-state index contributed by atoms with van der Waals surface area (Å²) in [6.45, 7) is 2.14. The molecule has 2 aromatic heterocycles. The number of H-pyrrole nitrogens is 1. The van der Waals surface area contributed by atoms with Crippen LogP contribution in [0.4, 0.5) is 0 Å². The standard InChI is InChI=1S/C10H12N4S/c1-2-4-8-7-10(15)14(13-8)9-5-3-6-11-12-9/h3,5-7,13H,2,4H2,1H3. The summed E-state index contributed by atoms with van der Waals surface area (Å²) >= 11 is 5.23. The van der Waals surface area contributed by atoms with Crippen molar-refractivity contribution in [2.24, 2.45) is 0 Å². The fraction of sp³-hybridized carbons (Fsp3) is 0.300. The van der Waals surface area contributed by atoms with Crippen LogP contribution in [0.1, 0.15) is 19.0 Å². The summed E-state index contributed by atoms with van der Waals surface area (Å²) in [4.78, 5) is 0. The summed E-state index contributed by atoms with van der Waals surface area (Å²) in [6, 6.07) is 5.67. The van der Waals surface area contributed by atoms with Gasteiger partial charge in [-0.2, -0.15) is 5.10 Å². The highest BCUT2D eigenvalue weighted by molar-refractivity contribution is 7.71. The molecule has 0 bridgehead atoms. The maximum atomic E-state index is 5.23. The van der Waals surface area contributed by atoms with Gasteiger partial charge in [-0.3, -0.25) is 5.10 Å². The first-order valence-electron chi connectivity index (χ1n) is 4.90. The van der Waals surface area contributed by atoms with Crippen LogP contribution >= 0.6 is 12.2 Å². The molecule has 5 heteroatoms. The Morgan fingerprint density at radius 3 is 3.07 bits per heavy atom. The SMILES string of the molecule is CCCc1cc(=S)n(-c2cccnn2)[nH]1. The lowest BCUT2D eigenvalue weighted by Gasteiger charge is -1.99. The lowest BCUT2D eigenvalue weighted by molar-refractivity contribution is 0.768. The van der Waals surface area contributed by atoms with Gasteiger partial charge in [0.05, 0.1) is 0 Å². The van der Waals surface area contributed by atoms with E-state index in [-0.39, 0.29) is 0 Å². The highest BCUT2D eigenvalue weighted by atomic mass is 32.1. The largest absolute Gasteiger partial charge is 0.296 e. The molecule has 0 aromatic carbocycles. The van der Waals surface area contributed by atoms with Crippen molar-refractivity contribution in [3.8, 4) is 5.82 Å². The quantitative estimate of drug-likeness (QED) is 0.807. The molecule has 2 heterocycles. The van der Waals surface area contributed by atoms with Crippen molar-refractivity contribution in [3.63, 3.8) is 0 Å². The number of aromatic amines is 1. The number of hydrogen-bond donors (Lipinski definition) is 1. The third-order valence-electron chi connectivity index (χ3n) is 2.08. The van der Waals surface area contributed by atoms with Crippen LogP contribution < -0.4 is 0 Å². The maximum absolute atomic E-state index is 5.23. The Labute approximate surface area is 93.0 Å². The van der Waals surface area contributed by atoms with Crippen molar-refractivity contribution < 1.29 is 0 Å². The van der Waals surface area contributed by atoms with Gasteiger partial charge in [0.15, 0.2) is 5.82 Å². The molecule has 0 aliphatic heterocycles. The summed E-state index contributed by atoms with van der Waals surface area (Å²) < 4.78 is 2.51. The van der Waals surface area contributed by atoms with Gasteiger partial charge < -0.3 is 0 Å². The molecule has 0 atom stereocenters. The first-order chi connectivity index (χ1) is 7.31. The molecule has 0 amide bonds. The van der Waals surface area contributed by atoms with Crippen molar-refractivity contribution in [3.05, 3.63) is 34.7 Å². The maximum Gasteiger partial charge on any atom is 0.175 e. The van der Waals surface area contributed by atoms with Crippen LogP contribution in [0.3, 0.4) is 0 Å². The average molecular weight is 220 g/mol. The molecule has 2 aromatic rings. The number of aromatic nitrogens is 4. The number of nitrogens with zero attached hydrogens (tertiary/aromatic N) is 3. The zero-order valence-electron chi connectivity index (χ0n) is 8.47. The van der Waals surface area contributed by atoms with E-state index in [1.165, 1.54) is 0 Å². The molecule has 0 saturated heterocycles. The summed E-state index contributed by atoms with van der Waals surface area (Å²) in [5, 5.41) is 11.0. The van der Waals surface area contributed by atoms with E-state index in [9.17, 15) is 0 Å². The van der Waals surface area contributed by atoms with Gasteiger partial charge in [-0.1, -0.05) is 25.6 Å². The third-order valence-corrected chi connectivity index (χ3v) is 2.38. The van der Waals surface area contributed by atoms with Gasteiger partial charge in [-0.15, -0.1) is 5.10 Å². The fourth-order valence-corrected chi connectivity index (χ4v) is 1.71. The van der Waals surface area contributed by atoms with Gasteiger partial charge >= 0.3 is 0 Å². The smallest absolute Gasteiger partial charge is 0.175 e. The van der Waals surface area contributed by atoms with Crippen LogP contribution in [-0.4, -0.2) is 20.0 Å². The van der Waals surface area contributed by atoms with Crippen LogP contribution in [-0.2, 0) is 6.42 Å². The average Bonchev–Trinajstić information content (AvgIpc) is 2.61. The summed E-state index contributed by atoms with van der Waals surface area (Å²) in [6.07, 6.45) is 3.73. The Kier molecular flexibility index (Phi) is 2.91. The minimum atomic E-state index is 0.727. The van der Waals surface area contributed by atoms with Crippen molar-refractivity contribution in [1.29, 1.82) is 0 Å². The fourth-order valence-electron chi connectivity index (χ4n) is 1.42. The molecule has 0 spiro atoms. The molecule has 0 saturated carbocycles. The first kappa shape index (κ1) is 10.0. The van der Waals surface area contributed by atoms with Crippen molar-refractivity contribution in [2.75, 3.05) is 0 Å². The predicted molar refractivity (Wildman–Crippen MR) is 60.5 cm³/mol. The second-order valence-corrected chi connectivity index (χ2v) is 3.71. The number of nitrogens with one attached hydrogen (secondary N) is 1. The molecular weight excluding hydrogens is 208 g/mol. The molecule has 4 nitrogen and oxygen atoms in total. The zero-order chi connectivity index (χ0) is 10.7. The predicted octanol–water partition coefficient (Wildman–Crippen LogP) is 2.28. The van der Waals surface area contributed by atoms with Gasteiger partial charge in [-0.05, 0) is 24.6 Å². The van der Waals surface area contributed by atoms with E-state index in [1.807, 2.05) is 18.2 Å². The van der Waals surface area contributed by atoms with Crippen LogP contribution in [0.25, 0.3) is 5.82 Å². The second kappa shape index (κ2) is 4.35. The van der Waals surface area contributed by atoms with Crippen molar-refractivity contribution in [2.45, 2.75) is 19.8 Å². The Morgan fingerprint density at radius 1 is 1.53 bits per heavy atom. The highest BCUT2D eigenvalue weighted by Gasteiger charge is 2.02. The Morgan fingerprint density at radius 2 is 2.40 bits per heavy atom. The lowest BCUT2D eigenvalue weighted by atomic mass is 10.3. The third kappa shape index (κ3) is 2.12. The molecule has 0 aliphatic carbocycles. The Bertz CT molecular complexity index is 486. The molecular formula is C10H12N4S. The number of aryl methyl sites for hydroxylation is 1. The molecule has 78 valence electrons. The van der Waals surface area contributed by atoms with Crippen LogP contribution in [0.5, 0.6) is 0 Å². The Balaban J connectivity index is 2.41. The minimum Gasteiger partial charge on any atom is -0.296 e. The highest BCUT2D eigenvalue weighted by Crippen LogP contribution is 2.07. The van der Waals surface area contributed by atoms with E-state index >= 15 is 0 Å². The molecule has 0 aliphatic rings. The zero-order valence-corrected chi connectivity index (χ0v) is 9.29. The molecule has 2 rings (SSSR count). The monoisotopic (exact) mass is 220 g/mol. The van der Waals surface area contributed by atoms with E-state index in [4.69, 9.17) is 12.2 Å². The molecule has 0 radical (unpaired) electrons. The normalized spacial score (nSPS) is 10.5. The number of rotatable bonds is 3. The van der Waals surface area contributed by atoms with Crippen LogP contribution in [0.15, 0.2) is 24.4 Å². The van der Waals surface area contributed by atoms with Gasteiger partial charge in [0.25, 0.3) is 0 Å². The van der Waals surface area contributed by atoms with E-state index in [0.717, 1.165) is 29.0 Å². The summed E-state index contributed by atoms with van der Waals surface area (Å²) in [5.41, 5.74) is 1.13. The van der Waals surface area contributed by atoms with Gasteiger partial charge in [0.2, 0.25) is 0 Å². The van der Waals surface area contributed by atoms with Gasteiger partial charge in [-0.25, -0.2) is 4.68 Å². The first-order valence-corrected chi connectivity index (χ1v) is 5.31. The second-order valence-electron chi connectivity index (χ2n) is 3.29. The minimum absolute atomic E-state index is 0.727. The van der Waals surface area contributed by atoms with Crippen molar-refractivity contribution in [1.82, 2.24) is 20.0 Å². The van der Waals surface area contributed by atoms with E-state index in [2.05, 4.69) is 22.2 Å². The van der Waals surface area contributed by atoms with E-state index in [0.29, 0.717) is 0 Å². The Hall–Kier alpha value is -1.49. The van der Waals surface area contributed by atoms with Crippen LogP contribution in [0.2, 0.25) is 0 Å². The topological polar surface area (TPSA) is 46.5 Å². The lowest BCUT2D eigenvalue weighted by Crippen LogP contribution is -2.01. The van der Waals surface area contributed by atoms with E-state index in [1.54, 1.807) is 10.9 Å². The molecule has 1 N–H and O–H groups in total. The molecule has 0 fully saturated rings. The molecule has 0 unspecified atom stereocenters. The van der Waals surface area contributed by atoms with Gasteiger partial charge in [0, 0.05) is 11.9 Å². The van der Waals surface area contributed by atoms with Crippen LogP contribution in [0, 0.1) is 4.64 Å². The summed E-state index contributed by atoms with van der Waals surface area (Å²) in [7, 11) is 0. The van der Waals surface area contributed by atoms with Gasteiger partial charge in [0.1, 0.15) is 4.64 Å². The van der Waals surface area contributed by atoms with Crippen molar-refractivity contribution >= 4 is 12.2 Å².